The van der Waals surface area contributed by atoms with Crippen LogP contribution in [0.2, 0.25) is 0 Å². The van der Waals surface area contributed by atoms with Gasteiger partial charge in [0.05, 0.1) is 33.3 Å². The summed E-state index contributed by atoms with van der Waals surface area (Å²) in [7, 11) is 0. The van der Waals surface area contributed by atoms with Gasteiger partial charge in [-0.05, 0) is 98.0 Å². The molecule has 0 radical (unpaired) electrons. The van der Waals surface area contributed by atoms with Crippen LogP contribution in [0.4, 0.5) is 0 Å². The van der Waals surface area contributed by atoms with Crippen LogP contribution >= 0.6 is 0 Å². The van der Waals surface area contributed by atoms with Crippen LogP contribution in [0.1, 0.15) is 0 Å². The van der Waals surface area contributed by atoms with Gasteiger partial charge >= 0.3 is 0 Å². The zero-order valence-corrected chi connectivity index (χ0v) is 32.4. The summed E-state index contributed by atoms with van der Waals surface area (Å²) in [6, 6.07) is 74.4. The maximum Gasteiger partial charge on any atom is 0.235 e. The van der Waals surface area contributed by atoms with Crippen molar-refractivity contribution in [3.05, 3.63) is 206 Å². The Morgan fingerprint density at radius 1 is 0.317 bits per heavy atom. The summed E-state index contributed by atoms with van der Waals surface area (Å²) in [4.78, 5) is 10.9. The van der Waals surface area contributed by atoms with Crippen molar-refractivity contribution in [2.75, 3.05) is 0 Å². The fraction of sp³-hybridized carbons (Fsp3) is 0. The summed E-state index contributed by atoms with van der Waals surface area (Å²) in [5.74, 6) is 0.649. The minimum absolute atomic E-state index is 0.649. The zero-order chi connectivity index (χ0) is 39.3. The van der Waals surface area contributed by atoms with Gasteiger partial charge in [0, 0.05) is 38.2 Å². The van der Waals surface area contributed by atoms with E-state index >= 15 is 0 Å². The van der Waals surface area contributed by atoms with Crippen molar-refractivity contribution in [2.45, 2.75) is 0 Å². The second-order valence-corrected chi connectivity index (χ2v) is 15.7. The molecule has 0 saturated heterocycles. The third-order valence-electron chi connectivity index (χ3n) is 12.5. The number of hydrogen-bond acceptors (Lipinski definition) is 2. The summed E-state index contributed by atoms with van der Waals surface area (Å²) in [5, 5.41) is 13.2. The zero-order valence-electron chi connectivity index (χ0n) is 32.4. The van der Waals surface area contributed by atoms with Crippen molar-refractivity contribution >= 4 is 86.8 Å². The van der Waals surface area contributed by atoms with Crippen molar-refractivity contribution in [3.63, 3.8) is 0 Å². The number of hydrogen-bond donors (Lipinski definition) is 0. The molecule has 10 aromatic carbocycles. The van der Waals surface area contributed by atoms with E-state index in [0.717, 1.165) is 44.4 Å². The molecule has 0 atom stereocenters. The number of para-hydroxylation sites is 4. The number of aromatic nitrogens is 4. The van der Waals surface area contributed by atoms with Gasteiger partial charge in [-0.2, -0.15) is 0 Å². The van der Waals surface area contributed by atoms with Crippen molar-refractivity contribution in [2.24, 2.45) is 0 Å². The molecule has 0 amide bonds. The molecule has 4 nitrogen and oxygen atoms in total. The molecule has 13 aromatic rings. The standard InChI is InChI=1S/C56H34N4/c1-2-15-39(16-3-1)59-50-24-12-9-19-43(50)48-33-37(29-31-52(48)59)47-34-53-54(44-20-7-6-18-42(44)47)46-22-10-13-25-51(46)60(53)56-57-49-23-11-8-21-45(49)55(58-56)38-28-30-41-36(32-38)27-26-35-14-4-5-17-40(35)41/h1-34H. The first kappa shape index (κ1) is 32.9. The van der Waals surface area contributed by atoms with Gasteiger partial charge in [0.1, 0.15) is 0 Å². The Morgan fingerprint density at radius 3 is 1.78 bits per heavy atom. The van der Waals surface area contributed by atoms with Crippen LogP contribution in [-0.4, -0.2) is 19.1 Å². The van der Waals surface area contributed by atoms with E-state index < -0.39 is 0 Å². The molecular formula is C56H34N4. The lowest BCUT2D eigenvalue weighted by Gasteiger charge is -2.14. The quantitative estimate of drug-likeness (QED) is 0.167. The van der Waals surface area contributed by atoms with E-state index in [-0.39, 0.29) is 0 Å². The molecule has 0 fully saturated rings. The van der Waals surface area contributed by atoms with Crippen LogP contribution < -0.4 is 0 Å². The lowest BCUT2D eigenvalue weighted by atomic mass is 9.94. The average molecular weight is 763 g/mol. The fourth-order valence-electron chi connectivity index (χ4n) is 9.82. The summed E-state index contributed by atoms with van der Waals surface area (Å²) in [5.41, 5.74) is 10.9. The third-order valence-corrected chi connectivity index (χ3v) is 12.5. The lowest BCUT2D eigenvalue weighted by Crippen LogP contribution is -2.03. The highest BCUT2D eigenvalue weighted by atomic mass is 15.2. The monoisotopic (exact) mass is 762 g/mol. The van der Waals surface area contributed by atoms with Crippen LogP contribution in [0.3, 0.4) is 0 Å². The van der Waals surface area contributed by atoms with E-state index in [1.807, 2.05) is 0 Å². The molecular weight excluding hydrogens is 729 g/mol. The van der Waals surface area contributed by atoms with Gasteiger partial charge in [-0.1, -0.05) is 152 Å². The van der Waals surface area contributed by atoms with Gasteiger partial charge < -0.3 is 4.57 Å². The first-order valence-corrected chi connectivity index (χ1v) is 20.5. The molecule has 0 bridgehead atoms. The fourth-order valence-corrected chi connectivity index (χ4v) is 9.82. The first-order valence-electron chi connectivity index (χ1n) is 20.5. The first-order chi connectivity index (χ1) is 29.8. The average Bonchev–Trinajstić information content (AvgIpc) is 3.83. The van der Waals surface area contributed by atoms with Gasteiger partial charge in [-0.25, -0.2) is 9.97 Å². The van der Waals surface area contributed by atoms with Gasteiger partial charge in [0.25, 0.3) is 0 Å². The van der Waals surface area contributed by atoms with Gasteiger partial charge in [0.15, 0.2) is 0 Å². The van der Waals surface area contributed by atoms with E-state index in [9.17, 15) is 0 Å². The number of fused-ring (bicyclic) bond motifs is 12. The third kappa shape index (κ3) is 4.79. The van der Waals surface area contributed by atoms with Crippen LogP contribution in [0.15, 0.2) is 206 Å². The largest absolute Gasteiger partial charge is 0.309 e. The minimum atomic E-state index is 0.649. The lowest BCUT2D eigenvalue weighted by molar-refractivity contribution is 1.01. The van der Waals surface area contributed by atoms with E-state index in [4.69, 9.17) is 9.97 Å². The Morgan fingerprint density at radius 2 is 0.933 bits per heavy atom. The number of benzene rings is 10. The van der Waals surface area contributed by atoms with E-state index in [1.54, 1.807) is 0 Å². The Kier molecular flexibility index (Phi) is 6.98. The minimum Gasteiger partial charge on any atom is -0.309 e. The van der Waals surface area contributed by atoms with Gasteiger partial charge in [-0.15, -0.1) is 0 Å². The molecule has 4 heteroatoms. The predicted molar refractivity (Wildman–Crippen MR) is 252 cm³/mol. The van der Waals surface area contributed by atoms with Gasteiger partial charge in [-0.3, -0.25) is 4.57 Å². The van der Waals surface area contributed by atoms with Crippen molar-refractivity contribution in [1.29, 1.82) is 0 Å². The summed E-state index contributed by atoms with van der Waals surface area (Å²) >= 11 is 0. The van der Waals surface area contributed by atoms with E-state index in [0.29, 0.717) is 5.95 Å². The predicted octanol–water partition coefficient (Wildman–Crippen LogP) is 14.6. The molecule has 0 saturated carbocycles. The van der Waals surface area contributed by atoms with E-state index in [2.05, 4.69) is 215 Å². The smallest absolute Gasteiger partial charge is 0.235 e. The molecule has 3 aromatic heterocycles. The second-order valence-electron chi connectivity index (χ2n) is 15.7. The highest BCUT2D eigenvalue weighted by molar-refractivity contribution is 6.24. The Hall–Kier alpha value is -8.08. The van der Waals surface area contributed by atoms with Gasteiger partial charge in [0.2, 0.25) is 5.95 Å². The molecule has 278 valence electrons. The molecule has 60 heavy (non-hydrogen) atoms. The molecule has 0 aliphatic rings. The van der Waals surface area contributed by atoms with Crippen LogP contribution in [0, 0.1) is 0 Å². The maximum atomic E-state index is 5.52. The van der Waals surface area contributed by atoms with E-state index in [1.165, 1.54) is 70.5 Å². The topological polar surface area (TPSA) is 35.6 Å². The highest BCUT2D eigenvalue weighted by Crippen LogP contribution is 2.43. The molecule has 0 unspecified atom stereocenters. The summed E-state index contributed by atoms with van der Waals surface area (Å²) in [6.45, 7) is 0. The molecule has 13 rings (SSSR count). The molecule has 0 aliphatic heterocycles. The van der Waals surface area contributed by atoms with Crippen molar-refractivity contribution in [1.82, 2.24) is 19.1 Å². The van der Waals surface area contributed by atoms with Crippen molar-refractivity contribution < 1.29 is 0 Å². The Labute approximate surface area is 344 Å². The number of nitrogens with zero attached hydrogens (tertiary/aromatic N) is 4. The SMILES string of the molecule is c1ccc(-n2c3ccccc3c3cc(-c4cc5c(c6ccccc46)c4ccccc4n5-c4nc(-c5ccc6c(ccc7ccccc76)c5)c5ccccc5n4)ccc32)cc1. The molecule has 0 N–H and O–H groups in total. The van der Waals surface area contributed by atoms with Crippen LogP contribution in [0.5, 0.6) is 0 Å². The summed E-state index contributed by atoms with van der Waals surface area (Å²) < 4.78 is 4.66. The molecule has 0 spiro atoms. The molecule has 3 heterocycles. The maximum absolute atomic E-state index is 5.52. The van der Waals surface area contributed by atoms with Crippen LogP contribution in [-0.2, 0) is 0 Å². The van der Waals surface area contributed by atoms with Crippen LogP contribution in [0.25, 0.3) is 121 Å². The highest BCUT2D eigenvalue weighted by Gasteiger charge is 2.22. The van der Waals surface area contributed by atoms with Crippen molar-refractivity contribution in [3.8, 4) is 34.0 Å². The Bertz CT molecular complexity index is 3890. The summed E-state index contributed by atoms with van der Waals surface area (Å²) in [6.07, 6.45) is 0. The second kappa shape index (κ2) is 12.7. The normalized spacial score (nSPS) is 12.0. The molecule has 0 aliphatic carbocycles. The number of rotatable bonds is 4. The Balaban J connectivity index is 1.08.